The van der Waals surface area contributed by atoms with E-state index < -0.39 is 0 Å². The molecule has 0 unspecified atom stereocenters. The van der Waals surface area contributed by atoms with Crippen LogP contribution in [0.3, 0.4) is 0 Å². The van der Waals surface area contributed by atoms with Gasteiger partial charge in [0.2, 0.25) is 0 Å². The summed E-state index contributed by atoms with van der Waals surface area (Å²) in [6, 6.07) is 29.0. The topological polar surface area (TPSA) is 24.1 Å². The summed E-state index contributed by atoms with van der Waals surface area (Å²) >= 11 is 0. The zero-order valence-electron chi connectivity index (χ0n) is 14.6. The van der Waals surface area contributed by atoms with Gasteiger partial charge in [0.1, 0.15) is 0 Å². The Kier molecular flexibility index (Phi) is 4.53. The SMILES string of the molecule is CN[C@@H]1Cc2ccccc2[C@H]1Nc1ccc(Cc2ccccc2)cc1. The fourth-order valence-electron chi connectivity index (χ4n) is 3.77. The molecule has 2 nitrogen and oxygen atoms in total. The third-order valence-corrected chi connectivity index (χ3v) is 5.13. The molecule has 0 fully saturated rings. The molecule has 2 heteroatoms. The molecule has 0 heterocycles. The van der Waals surface area contributed by atoms with Crippen molar-refractivity contribution in [3.05, 3.63) is 101 Å². The number of hydrogen-bond acceptors (Lipinski definition) is 2. The van der Waals surface area contributed by atoms with Crippen molar-refractivity contribution in [3.63, 3.8) is 0 Å². The second-order valence-corrected chi connectivity index (χ2v) is 6.78. The van der Waals surface area contributed by atoms with Crippen molar-refractivity contribution in [2.45, 2.75) is 24.9 Å². The summed E-state index contributed by atoms with van der Waals surface area (Å²) < 4.78 is 0. The van der Waals surface area contributed by atoms with Crippen molar-refractivity contribution in [2.24, 2.45) is 0 Å². The van der Waals surface area contributed by atoms with E-state index in [1.54, 1.807) is 0 Å². The molecule has 0 saturated heterocycles. The van der Waals surface area contributed by atoms with E-state index in [1.165, 1.54) is 27.9 Å². The van der Waals surface area contributed by atoms with E-state index in [1.807, 2.05) is 7.05 Å². The highest BCUT2D eigenvalue weighted by Gasteiger charge is 2.30. The van der Waals surface area contributed by atoms with Gasteiger partial charge in [-0.1, -0.05) is 66.7 Å². The summed E-state index contributed by atoms with van der Waals surface area (Å²) in [6.45, 7) is 0. The number of benzene rings is 3. The maximum absolute atomic E-state index is 3.73. The number of hydrogen-bond donors (Lipinski definition) is 2. The molecule has 2 atom stereocenters. The molecule has 1 aliphatic carbocycles. The molecule has 0 aromatic heterocycles. The molecule has 0 amide bonds. The molecule has 3 aromatic rings. The predicted molar refractivity (Wildman–Crippen MR) is 105 cm³/mol. The molecule has 0 saturated carbocycles. The minimum Gasteiger partial charge on any atom is -0.377 e. The summed E-state index contributed by atoms with van der Waals surface area (Å²) in [6.07, 6.45) is 2.06. The highest BCUT2D eigenvalue weighted by Crippen LogP contribution is 2.34. The van der Waals surface area contributed by atoms with E-state index in [9.17, 15) is 0 Å². The van der Waals surface area contributed by atoms with Crippen molar-refractivity contribution in [2.75, 3.05) is 12.4 Å². The Hall–Kier alpha value is -2.58. The first kappa shape index (κ1) is 15.9. The van der Waals surface area contributed by atoms with Crippen LogP contribution in [0.4, 0.5) is 5.69 Å². The molecule has 0 radical (unpaired) electrons. The molecular formula is C23H24N2. The van der Waals surface area contributed by atoms with Gasteiger partial charge < -0.3 is 10.6 Å². The van der Waals surface area contributed by atoms with Crippen LogP contribution in [0.25, 0.3) is 0 Å². The summed E-state index contributed by atoms with van der Waals surface area (Å²) in [4.78, 5) is 0. The first-order chi connectivity index (χ1) is 12.3. The van der Waals surface area contributed by atoms with E-state index in [-0.39, 0.29) is 0 Å². The van der Waals surface area contributed by atoms with Gasteiger partial charge in [-0.3, -0.25) is 0 Å². The molecule has 2 N–H and O–H groups in total. The minimum absolute atomic E-state index is 0.321. The van der Waals surface area contributed by atoms with E-state index in [4.69, 9.17) is 0 Å². The van der Waals surface area contributed by atoms with Crippen LogP contribution in [0.2, 0.25) is 0 Å². The number of anilines is 1. The summed E-state index contributed by atoms with van der Waals surface area (Å²) in [5.74, 6) is 0. The molecule has 3 aromatic carbocycles. The molecular weight excluding hydrogens is 304 g/mol. The van der Waals surface area contributed by atoms with Gasteiger partial charge in [-0.05, 0) is 54.3 Å². The van der Waals surface area contributed by atoms with Gasteiger partial charge in [-0.25, -0.2) is 0 Å². The second kappa shape index (κ2) is 7.12. The average molecular weight is 328 g/mol. The summed E-state index contributed by atoms with van der Waals surface area (Å²) in [7, 11) is 2.05. The Labute approximate surface area is 149 Å². The Balaban J connectivity index is 1.49. The van der Waals surface area contributed by atoms with Gasteiger partial charge in [0, 0.05) is 11.7 Å². The lowest BCUT2D eigenvalue weighted by Crippen LogP contribution is -2.33. The lowest BCUT2D eigenvalue weighted by Gasteiger charge is -2.23. The van der Waals surface area contributed by atoms with Gasteiger partial charge >= 0.3 is 0 Å². The maximum Gasteiger partial charge on any atom is 0.0672 e. The number of fused-ring (bicyclic) bond motifs is 1. The van der Waals surface area contributed by atoms with E-state index >= 15 is 0 Å². The Bertz CT molecular complexity index is 824. The molecule has 4 rings (SSSR count). The summed E-state index contributed by atoms with van der Waals surface area (Å²) in [5.41, 5.74) is 6.73. The van der Waals surface area contributed by atoms with Crippen LogP contribution in [0.5, 0.6) is 0 Å². The predicted octanol–water partition coefficient (Wildman–Crippen LogP) is 4.57. The lowest BCUT2D eigenvalue weighted by molar-refractivity contribution is 0.529. The van der Waals surface area contributed by atoms with Crippen molar-refractivity contribution < 1.29 is 0 Å². The van der Waals surface area contributed by atoms with Crippen LogP contribution >= 0.6 is 0 Å². The fourth-order valence-corrected chi connectivity index (χ4v) is 3.77. The zero-order chi connectivity index (χ0) is 17.1. The zero-order valence-corrected chi connectivity index (χ0v) is 14.6. The first-order valence-electron chi connectivity index (χ1n) is 8.98. The largest absolute Gasteiger partial charge is 0.377 e. The quantitative estimate of drug-likeness (QED) is 0.716. The highest BCUT2D eigenvalue weighted by molar-refractivity contribution is 5.51. The van der Waals surface area contributed by atoms with E-state index in [0.717, 1.165) is 12.8 Å². The number of nitrogens with one attached hydrogen (secondary N) is 2. The lowest BCUT2D eigenvalue weighted by atomic mass is 10.0. The molecule has 25 heavy (non-hydrogen) atoms. The monoisotopic (exact) mass is 328 g/mol. The van der Waals surface area contributed by atoms with Gasteiger partial charge in [-0.15, -0.1) is 0 Å². The van der Waals surface area contributed by atoms with Crippen molar-refractivity contribution >= 4 is 5.69 Å². The van der Waals surface area contributed by atoms with Crippen molar-refractivity contribution in [1.82, 2.24) is 5.32 Å². The number of rotatable bonds is 5. The van der Waals surface area contributed by atoms with Crippen LogP contribution in [0.1, 0.15) is 28.3 Å². The average Bonchev–Trinajstić information content (AvgIpc) is 3.02. The second-order valence-electron chi connectivity index (χ2n) is 6.78. The van der Waals surface area contributed by atoms with Crippen LogP contribution in [-0.2, 0) is 12.8 Å². The van der Waals surface area contributed by atoms with Gasteiger partial charge in [-0.2, -0.15) is 0 Å². The van der Waals surface area contributed by atoms with Crippen molar-refractivity contribution in [1.29, 1.82) is 0 Å². The van der Waals surface area contributed by atoms with Crippen molar-refractivity contribution in [3.8, 4) is 0 Å². The molecule has 0 aliphatic heterocycles. The third-order valence-electron chi connectivity index (χ3n) is 5.13. The Morgan fingerprint density at radius 2 is 1.48 bits per heavy atom. The third kappa shape index (κ3) is 3.45. The molecule has 0 bridgehead atoms. The van der Waals surface area contributed by atoms with Gasteiger partial charge in [0.15, 0.2) is 0 Å². The maximum atomic E-state index is 3.73. The van der Waals surface area contributed by atoms with E-state index in [0.29, 0.717) is 12.1 Å². The Morgan fingerprint density at radius 3 is 2.24 bits per heavy atom. The van der Waals surface area contributed by atoms with Crippen LogP contribution in [0.15, 0.2) is 78.9 Å². The standard InChI is InChI=1S/C23H24N2/c1-24-22-16-19-9-5-6-10-21(19)23(22)25-20-13-11-18(12-14-20)15-17-7-3-2-4-8-17/h2-14,22-25H,15-16H2,1H3/t22-,23-/m1/s1. The molecule has 0 spiro atoms. The van der Waals surface area contributed by atoms with E-state index in [2.05, 4.69) is 89.5 Å². The minimum atomic E-state index is 0.321. The first-order valence-corrected chi connectivity index (χ1v) is 8.98. The smallest absolute Gasteiger partial charge is 0.0672 e. The molecule has 126 valence electrons. The Morgan fingerprint density at radius 1 is 0.800 bits per heavy atom. The van der Waals surface area contributed by atoms with Crippen LogP contribution in [-0.4, -0.2) is 13.1 Å². The van der Waals surface area contributed by atoms with Crippen LogP contribution in [0, 0.1) is 0 Å². The normalized spacial score (nSPS) is 18.8. The van der Waals surface area contributed by atoms with Crippen LogP contribution < -0.4 is 10.6 Å². The number of likely N-dealkylation sites (N-methyl/N-ethyl adjacent to an activating group) is 1. The fraction of sp³-hybridized carbons (Fsp3) is 0.217. The molecule has 1 aliphatic rings. The highest BCUT2D eigenvalue weighted by atomic mass is 15.0. The summed E-state index contributed by atoms with van der Waals surface area (Å²) in [5, 5.41) is 7.19. The van der Waals surface area contributed by atoms with Gasteiger partial charge in [0.05, 0.1) is 6.04 Å². The van der Waals surface area contributed by atoms with Gasteiger partial charge in [0.25, 0.3) is 0 Å².